The minimum absolute atomic E-state index is 0.164. The van der Waals surface area contributed by atoms with Crippen molar-refractivity contribution in [2.75, 3.05) is 12.3 Å². The zero-order valence-corrected chi connectivity index (χ0v) is 11.4. The molecule has 1 aromatic carbocycles. The lowest BCUT2D eigenvalue weighted by Gasteiger charge is -2.13. The number of nitrogen functional groups attached to an aromatic ring is 1. The Labute approximate surface area is 113 Å². The third-order valence-corrected chi connectivity index (χ3v) is 2.64. The summed E-state index contributed by atoms with van der Waals surface area (Å²) >= 11 is 0. The summed E-state index contributed by atoms with van der Waals surface area (Å²) in [5.74, 6) is -0.354. The number of rotatable bonds is 6. The summed E-state index contributed by atoms with van der Waals surface area (Å²) in [6, 6.07) is 6.62. The summed E-state index contributed by atoms with van der Waals surface area (Å²) in [5, 5.41) is 5.40. The number of nitrogens with two attached hydrogens (primary N) is 1. The van der Waals surface area contributed by atoms with Crippen LogP contribution in [0.25, 0.3) is 0 Å². The number of carbonyl (C=O) groups excluding carboxylic acids is 2. The number of nitrogens with one attached hydrogen (secondary N) is 2. The molecule has 19 heavy (non-hydrogen) atoms. The van der Waals surface area contributed by atoms with Gasteiger partial charge in [0.2, 0.25) is 11.8 Å². The SMILES string of the molecule is CCCNC(=O)C(C)NC(=O)Cc1cccc(N)c1. The minimum atomic E-state index is -0.528. The number of amides is 2. The highest BCUT2D eigenvalue weighted by Crippen LogP contribution is 2.07. The Morgan fingerprint density at radius 1 is 1.37 bits per heavy atom. The first-order valence-electron chi connectivity index (χ1n) is 6.44. The van der Waals surface area contributed by atoms with Crippen molar-refractivity contribution in [1.29, 1.82) is 0 Å². The van der Waals surface area contributed by atoms with E-state index < -0.39 is 6.04 Å². The fourth-order valence-electron chi connectivity index (χ4n) is 1.65. The van der Waals surface area contributed by atoms with Crippen LogP contribution < -0.4 is 16.4 Å². The minimum Gasteiger partial charge on any atom is -0.399 e. The molecule has 4 N–H and O–H groups in total. The van der Waals surface area contributed by atoms with Crippen molar-refractivity contribution in [1.82, 2.24) is 10.6 Å². The predicted octanol–water partition coefficient (Wildman–Crippen LogP) is 0.842. The van der Waals surface area contributed by atoms with E-state index >= 15 is 0 Å². The third-order valence-electron chi connectivity index (χ3n) is 2.64. The van der Waals surface area contributed by atoms with E-state index in [9.17, 15) is 9.59 Å². The normalized spacial score (nSPS) is 11.7. The molecule has 0 saturated heterocycles. The van der Waals surface area contributed by atoms with Crippen LogP contribution in [-0.4, -0.2) is 24.4 Å². The Morgan fingerprint density at radius 3 is 2.74 bits per heavy atom. The zero-order chi connectivity index (χ0) is 14.3. The fraction of sp³-hybridized carbons (Fsp3) is 0.429. The summed E-state index contributed by atoms with van der Waals surface area (Å²) in [5.41, 5.74) is 7.10. The Morgan fingerprint density at radius 2 is 2.11 bits per heavy atom. The maximum Gasteiger partial charge on any atom is 0.242 e. The van der Waals surface area contributed by atoms with Gasteiger partial charge in [0.1, 0.15) is 6.04 Å². The van der Waals surface area contributed by atoms with Crippen LogP contribution in [-0.2, 0) is 16.0 Å². The lowest BCUT2D eigenvalue weighted by atomic mass is 10.1. The molecule has 1 atom stereocenters. The maximum atomic E-state index is 11.8. The summed E-state index contributed by atoms with van der Waals surface area (Å²) in [4.78, 5) is 23.4. The van der Waals surface area contributed by atoms with E-state index in [-0.39, 0.29) is 18.2 Å². The van der Waals surface area contributed by atoms with E-state index in [1.165, 1.54) is 0 Å². The molecule has 0 saturated carbocycles. The van der Waals surface area contributed by atoms with Crippen LogP contribution in [0, 0.1) is 0 Å². The zero-order valence-electron chi connectivity index (χ0n) is 11.4. The van der Waals surface area contributed by atoms with Crippen LogP contribution in [0.3, 0.4) is 0 Å². The highest BCUT2D eigenvalue weighted by Gasteiger charge is 2.14. The second-order valence-electron chi connectivity index (χ2n) is 4.50. The molecule has 1 rings (SSSR count). The molecule has 0 aliphatic carbocycles. The number of hydrogen-bond donors (Lipinski definition) is 3. The Kier molecular flexibility index (Phi) is 5.85. The number of carbonyl (C=O) groups is 2. The van der Waals surface area contributed by atoms with Gasteiger partial charge in [-0.05, 0) is 31.0 Å². The van der Waals surface area contributed by atoms with Gasteiger partial charge in [0.25, 0.3) is 0 Å². The topological polar surface area (TPSA) is 84.2 Å². The van der Waals surface area contributed by atoms with Gasteiger partial charge in [0.15, 0.2) is 0 Å². The monoisotopic (exact) mass is 263 g/mol. The first-order valence-corrected chi connectivity index (χ1v) is 6.44. The van der Waals surface area contributed by atoms with Gasteiger partial charge in [-0.1, -0.05) is 19.1 Å². The van der Waals surface area contributed by atoms with Crippen LogP contribution in [0.15, 0.2) is 24.3 Å². The van der Waals surface area contributed by atoms with Crippen LogP contribution in [0.1, 0.15) is 25.8 Å². The van der Waals surface area contributed by atoms with E-state index in [0.717, 1.165) is 12.0 Å². The second-order valence-corrected chi connectivity index (χ2v) is 4.50. The van der Waals surface area contributed by atoms with Crippen molar-refractivity contribution in [2.24, 2.45) is 0 Å². The van der Waals surface area contributed by atoms with Gasteiger partial charge < -0.3 is 16.4 Å². The standard InChI is InChI=1S/C14H21N3O2/c1-3-7-16-14(19)10(2)17-13(18)9-11-5-4-6-12(15)8-11/h4-6,8,10H,3,7,9,15H2,1-2H3,(H,16,19)(H,17,18). The first kappa shape index (κ1) is 15.0. The molecule has 0 aromatic heterocycles. The van der Waals surface area contributed by atoms with Crippen LogP contribution in [0.2, 0.25) is 0 Å². The molecule has 0 bridgehead atoms. The van der Waals surface area contributed by atoms with Gasteiger partial charge in [0, 0.05) is 12.2 Å². The smallest absolute Gasteiger partial charge is 0.242 e. The first-order chi connectivity index (χ1) is 9.02. The molecular weight excluding hydrogens is 242 g/mol. The molecule has 0 fully saturated rings. The fourth-order valence-corrected chi connectivity index (χ4v) is 1.65. The second kappa shape index (κ2) is 7.41. The summed E-state index contributed by atoms with van der Waals surface area (Å²) < 4.78 is 0. The maximum absolute atomic E-state index is 11.8. The van der Waals surface area contributed by atoms with Crippen molar-refractivity contribution in [3.63, 3.8) is 0 Å². The van der Waals surface area contributed by atoms with Gasteiger partial charge in [0.05, 0.1) is 6.42 Å². The number of benzene rings is 1. The van der Waals surface area contributed by atoms with E-state index in [2.05, 4.69) is 10.6 Å². The molecule has 104 valence electrons. The number of hydrogen-bond acceptors (Lipinski definition) is 3. The van der Waals surface area contributed by atoms with Crippen molar-refractivity contribution in [2.45, 2.75) is 32.7 Å². The summed E-state index contributed by atoms with van der Waals surface area (Å²) in [7, 11) is 0. The molecule has 0 heterocycles. The molecule has 5 heteroatoms. The largest absolute Gasteiger partial charge is 0.399 e. The van der Waals surface area contributed by atoms with E-state index in [4.69, 9.17) is 5.73 Å². The molecule has 1 unspecified atom stereocenters. The Bertz CT molecular complexity index is 446. The molecule has 0 aliphatic heterocycles. The Hall–Kier alpha value is -2.04. The highest BCUT2D eigenvalue weighted by molar-refractivity contribution is 5.88. The summed E-state index contributed by atoms with van der Waals surface area (Å²) in [6.45, 7) is 4.26. The van der Waals surface area contributed by atoms with Gasteiger partial charge >= 0.3 is 0 Å². The number of anilines is 1. The van der Waals surface area contributed by atoms with Crippen molar-refractivity contribution < 1.29 is 9.59 Å². The predicted molar refractivity (Wildman–Crippen MR) is 75.5 cm³/mol. The molecule has 2 amide bonds. The lowest BCUT2D eigenvalue weighted by Crippen LogP contribution is -2.45. The summed E-state index contributed by atoms with van der Waals surface area (Å²) in [6.07, 6.45) is 1.09. The Balaban J connectivity index is 2.44. The van der Waals surface area contributed by atoms with E-state index in [1.807, 2.05) is 13.0 Å². The van der Waals surface area contributed by atoms with Gasteiger partial charge in [-0.3, -0.25) is 9.59 Å². The van der Waals surface area contributed by atoms with Crippen LogP contribution in [0.5, 0.6) is 0 Å². The van der Waals surface area contributed by atoms with Crippen LogP contribution in [0.4, 0.5) is 5.69 Å². The quantitative estimate of drug-likeness (QED) is 0.665. The van der Waals surface area contributed by atoms with Gasteiger partial charge in [-0.2, -0.15) is 0 Å². The highest BCUT2D eigenvalue weighted by atomic mass is 16.2. The molecule has 5 nitrogen and oxygen atoms in total. The van der Waals surface area contributed by atoms with Crippen molar-refractivity contribution >= 4 is 17.5 Å². The molecule has 0 spiro atoms. The molecule has 0 radical (unpaired) electrons. The third kappa shape index (κ3) is 5.42. The van der Waals surface area contributed by atoms with E-state index in [1.54, 1.807) is 25.1 Å². The molecular formula is C14H21N3O2. The lowest BCUT2D eigenvalue weighted by molar-refractivity contribution is -0.128. The van der Waals surface area contributed by atoms with Crippen molar-refractivity contribution in [3.05, 3.63) is 29.8 Å². The average molecular weight is 263 g/mol. The van der Waals surface area contributed by atoms with Crippen LogP contribution >= 0.6 is 0 Å². The van der Waals surface area contributed by atoms with Crippen molar-refractivity contribution in [3.8, 4) is 0 Å². The molecule has 0 aliphatic rings. The average Bonchev–Trinajstić information content (AvgIpc) is 2.35. The van der Waals surface area contributed by atoms with Gasteiger partial charge in [-0.25, -0.2) is 0 Å². The van der Waals surface area contributed by atoms with E-state index in [0.29, 0.717) is 12.2 Å². The van der Waals surface area contributed by atoms with Gasteiger partial charge in [-0.15, -0.1) is 0 Å². The molecule has 1 aromatic rings.